The zero-order chi connectivity index (χ0) is 35.6. The fourth-order valence-corrected chi connectivity index (χ4v) is 7.23. The summed E-state index contributed by atoms with van der Waals surface area (Å²) in [5, 5.41) is 53.1. The maximum absolute atomic E-state index is 15.9. The molecule has 18 heteroatoms. The molecule has 1 aromatic rings. The fourth-order valence-electron chi connectivity index (χ4n) is 7.23. The number of nitrogens with two attached hydrogens (primary N) is 6. The highest BCUT2D eigenvalue weighted by atomic mass is 19.1. The molecule has 1 aliphatic carbocycles. The number of hydrogen-bond donors (Lipinski definition) is 11. The zero-order valence-corrected chi connectivity index (χ0v) is 27.1. The fraction of sp³-hybridized carbons (Fsp3) is 0.806. The molecule has 280 valence electrons. The lowest BCUT2D eigenvalue weighted by molar-refractivity contribution is -0.280. The Morgan fingerprint density at radius 2 is 1.35 bits per heavy atom. The smallest absolute Gasteiger partial charge is 0.187 e. The van der Waals surface area contributed by atoms with Gasteiger partial charge in [-0.05, 0) is 18.4 Å². The Balaban J connectivity index is 1.28. The molecule has 0 radical (unpaired) electrons. The Bertz CT molecular complexity index is 1170. The molecule has 0 aromatic heterocycles. The maximum atomic E-state index is 15.9. The van der Waals surface area contributed by atoms with Crippen molar-refractivity contribution in [1.82, 2.24) is 0 Å². The number of aliphatic hydroxyl groups is 5. The molecule has 0 bridgehead atoms. The van der Waals surface area contributed by atoms with Crippen molar-refractivity contribution < 1.29 is 58.3 Å². The van der Waals surface area contributed by atoms with Crippen molar-refractivity contribution in [1.29, 1.82) is 0 Å². The van der Waals surface area contributed by atoms with Gasteiger partial charge < -0.3 is 88.4 Å². The van der Waals surface area contributed by atoms with Gasteiger partial charge in [0.25, 0.3) is 0 Å². The third kappa shape index (κ3) is 8.26. The van der Waals surface area contributed by atoms with E-state index in [1.807, 2.05) is 30.3 Å². The number of alkyl halides is 1. The summed E-state index contributed by atoms with van der Waals surface area (Å²) in [6.07, 6.45) is -17.2. The van der Waals surface area contributed by atoms with Crippen molar-refractivity contribution in [3.8, 4) is 0 Å². The molecule has 3 heterocycles. The highest BCUT2D eigenvalue weighted by Gasteiger charge is 2.54. The van der Waals surface area contributed by atoms with Gasteiger partial charge in [0, 0.05) is 31.1 Å². The molecule has 3 saturated heterocycles. The number of ether oxygens (including phenoxy) is 6. The van der Waals surface area contributed by atoms with E-state index in [2.05, 4.69) is 0 Å². The Morgan fingerprint density at radius 1 is 0.694 bits per heavy atom. The van der Waals surface area contributed by atoms with Gasteiger partial charge in [-0.2, -0.15) is 0 Å². The molecular formula is C31H53FN6O11. The van der Waals surface area contributed by atoms with Gasteiger partial charge in [-0.1, -0.05) is 30.3 Å². The maximum Gasteiger partial charge on any atom is 0.187 e. The van der Waals surface area contributed by atoms with Crippen LogP contribution in [0.1, 0.15) is 18.4 Å². The van der Waals surface area contributed by atoms with Crippen LogP contribution in [-0.2, 0) is 35.0 Å². The van der Waals surface area contributed by atoms with Crippen LogP contribution in [0.2, 0.25) is 0 Å². The van der Waals surface area contributed by atoms with Crippen LogP contribution >= 0.6 is 0 Å². The first-order valence-electron chi connectivity index (χ1n) is 16.7. The standard InChI is InChI=1S/C31H53FN6O11/c32-20-21(37)16(45-18(9-34)28(20)44-11-12-4-2-1-3-5-12)6-13-14(35)7-15(36)23(40)27(13)48-31-26(43)29(19(10-39)47-31)49-30-22(38)25(42)24(41)17(8-33)46-30/h1-5,13-31,39-43H,6-11,33-38H2/t13-,14+,15-,16-,17+,18-,19-,20-,21+,22-,23+,24-,25-,26-,27+,28-,29-,30-,31+/m1/s1. The predicted octanol–water partition coefficient (Wildman–Crippen LogP) is -5.03. The molecule has 0 amide bonds. The summed E-state index contributed by atoms with van der Waals surface area (Å²) < 4.78 is 51.4. The molecule has 19 atom stereocenters. The van der Waals surface area contributed by atoms with Gasteiger partial charge in [-0.15, -0.1) is 0 Å². The van der Waals surface area contributed by atoms with Crippen molar-refractivity contribution in [2.75, 3.05) is 19.7 Å². The monoisotopic (exact) mass is 704 g/mol. The summed E-state index contributed by atoms with van der Waals surface area (Å²) in [5.41, 5.74) is 37.6. The van der Waals surface area contributed by atoms with Crippen LogP contribution in [0.4, 0.5) is 4.39 Å². The minimum Gasteiger partial charge on any atom is -0.394 e. The van der Waals surface area contributed by atoms with E-state index in [0.717, 1.165) is 5.56 Å². The van der Waals surface area contributed by atoms with Crippen LogP contribution in [0.5, 0.6) is 0 Å². The Morgan fingerprint density at radius 3 is 2.00 bits per heavy atom. The third-order valence-electron chi connectivity index (χ3n) is 10.2. The normalized spacial score (nSPS) is 47.7. The van der Waals surface area contributed by atoms with Crippen molar-refractivity contribution >= 4 is 0 Å². The molecule has 5 rings (SSSR count). The quantitative estimate of drug-likeness (QED) is 0.0970. The number of benzene rings is 1. The van der Waals surface area contributed by atoms with Crippen molar-refractivity contribution in [2.24, 2.45) is 40.3 Å². The molecule has 17 nitrogen and oxygen atoms in total. The average Bonchev–Trinajstić information content (AvgIpc) is 3.39. The average molecular weight is 705 g/mol. The van der Waals surface area contributed by atoms with Crippen LogP contribution in [0, 0.1) is 5.92 Å². The van der Waals surface area contributed by atoms with Gasteiger partial charge in [0.15, 0.2) is 12.6 Å². The van der Waals surface area contributed by atoms with Crippen LogP contribution in [0.15, 0.2) is 30.3 Å². The number of halogens is 1. The van der Waals surface area contributed by atoms with E-state index < -0.39 is 123 Å². The molecule has 0 unspecified atom stereocenters. The second-order valence-corrected chi connectivity index (χ2v) is 13.4. The highest BCUT2D eigenvalue weighted by molar-refractivity contribution is 5.14. The van der Waals surface area contributed by atoms with Gasteiger partial charge in [0.1, 0.15) is 48.9 Å². The van der Waals surface area contributed by atoms with E-state index in [-0.39, 0.29) is 32.5 Å². The van der Waals surface area contributed by atoms with E-state index in [4.69, 9.17) is 62.8 Å². The number of hydrogen-bond acceptors (Lipinski definition) is 17. The molecule has 49 heavy (non-hydrogen) atoms. The van der Waals surface area contributed by atoms with Crippen molar-refractivity contribution in [3.63, 3.8) is 0 Å². The Kier molecular flexibility index (Phi) is 13.3. The van der Waals surface area contributed by atoms with E-state index >= 15 is 4.39 Å². The lowest BCUT2D eigenvalue weighted by atomic mass is 9.74. The second kappa shape index (κ2) is 16.9. The topological polar surface area (TPSA) is 313 Å². The van der Waals surface area contributed by atoms with E-state index in [9.17, 15) is 25.5 Å². The summed E-state index contributed by atoms with van der Waals surface area (Å²) in [6, 6.07) is 5.42. The lowest BCUT2D eigenvalue weighted by Gasteiger charge is -2.47. The molecule has 1 saturated carbocycles. The van der Waals surface area contributed by atoms with Gasteiger partial charge in [-0.25, -0.2) is 4.39 Å². The largest absolute Gasteiger partial charge is 0.394 e. The minimum absolute atomic E-state index is 0.0384. The third-order valence-corrected chi connectivity index (χ3v) is 10.2. The van der Waals surface area contributed by atoms with Gasteiger partial charge in [0.05, 0.1) is 49.7 Å². The second-order valence-electron chi connectivity index (χ2n) is 13.4. The number of aliphatic hydroxyl groups excluding tert-OH is 5. The van der Waals surface area contributed by atoms with Crippen LogP contribution in [-0.4, -0.2) is 155 Å². The lowest BCUT2D eigenvalue weighted by Crippen LogP contribution is -2.65. The molecule has 17 N–H and O–H groups in total. The number of rotatable bonds is 12. The first-order chi connectivity index (χ1) is 23.4. The van der Waals surface area contributed by atoms with Crippen LogP contribution in [0.25, 0.3) is 0 Å². The van der Waals surface area contributed by atoms with Gasteiger partial charge >= 0.3 is 0 Å². The molecular weight excluding hydrogens is 651 g/mol. The van der Waals surface area contributed by atoms with E-state index in [1.54, 1.807) is 0 Å². The van der Waals surface area contributed by atoms with Gasteiger partial charge in [-0.3, -0.25) is 0 Å². The summed E-state index contributed by atoms with van der Waals surface area (Å²) in [4.78, 5) is 0. The summed E-state index contributed by atoms with van der Waals surface area (Å²) in [7, 11) is 0. The summed E-state index contributed by atoms with van der Waals surface area (Å²) >= 11 is 0. The first kappa shape index (κ1) is 38.7. The predicted molar refractivity (Wildman–Crippen MR) is 169 cm³/mol. The van der Waals surface area contributed by atoms with Crippen molar-refractivity contribution in [2.45, 2.75) is 130 Å². The Hall–Kier alpha value is -1.53. The molecule has 0 spiro atoms. The van der Waals surface area contributed by atoms with Crippen molar-refractivity contribution in [3.05, 3.63) is 35.9 Å². The SMILES string of the molecule is NC[C@@H]1O[C@H](O[C@H]2[C@@H](O)[C@H](O[C@@H]3[C@@H](O)[C@H](N)C[C@H](N)[C@H]3C[C@H]3O[C@H](CN)[C@@H](OCc4ccccc4)[C@H](F)[C@H]3N)O[C@@H]2CO)[C@H](N)[C@@H](O)[C@@H]1O. The summed E-state index contributed by atoms with van der Waals surface area (Å²) in [6.45, 7) is -0.692. The molecule has 1 aromatic carbocycles. The molecule has 4 aliphatic rings. The van der Waals surface area contributed by atoms with E-state index in [0.29, 0.717) is 0 Å². The van der Waals surface area contributed by atoms with E-state index in [1.165, 1.54) is 0 Å². The molecule has 3 aliphatic heterocycles. The Labute approximate surface area is 283 Å². The zero-order valence-electron chi connectivity index (χ0n) is 27.1. The minimum atomic E-state index is -1.64. The molecule has 4 fully saturated rings. The van der Waals surface area contributed by atoms with Crippen LogP contribution < -0.4 is 34.4 Å². The van der Waals surface area contributed by atoms with Gasteiger partial charge in [0.2, 0.25) is 0 Å². The highest BCUT2D eigenvalue weighted by Crippen LogP contribution is 2.38. The first-order valence-corrected chi connectivity index (χ1v) is 16.7. The van der Waals surface area contributed by atoms with Crippen LogP contribution in [0.3, 0.4) is 0 Å². The summed E-state index contributed by atoms with van der Waals surface area (Å²) in [5.74, 6) is -0.710.